The molecule has 6 heteroatoms. The predicted octanol–water partition coefficient (Wildman–Crippen LogP) is 4.98. The summed E-state index contributed by atoms with van der Waals surface area (Å²) in [6.45, 7) is 3.04. The normalized spacial score (nSPS) is 19.7. The predicted molar refractivity (Wildman–Crippen MR) is 125 cm³/mol. The molecular formula is C25H23N3O2S. The van der Waals surface area contributed by atoms with Crippen molar-refractivity contribution in [2.45, 2.75) is 18.3 Å². The molecule has 156 valence electrons. The lowest BCUT2D eigenvalue weighted by Crippen LogP contribution is -2.51. The molecule has 2 aliphatic rings. The molecule has 1 fully saturated rings. The van der Waals surface area contributed by atoms with Crippen molar-refractivity contribution in [1.82, 2.24) is 4.90 Å². The zero-order chi connectivity index (χ0) is 21.4. The first-order valence-electron chi connectivity index (χ1n) is 10.3. The molecule has 1 atom stereocenters. The van der Waals surface area contributed by atoms with Gasteiger partial charge >= 0.3 is 6.03 Å². The second-order valence-electron chi connectivity index (χ2n) is 7.84. The molecule has 5 nitrogen and oxygen atoms in total. The molecule has 31 heavy (non-hydrogen) atoms. The van der Waals surface area contributed by atoms with E-state index in [1.54, 1.807) is 16.7 Å². The second-order valence-corrected chi connectivity index (χ2v) is 9.13. The van der Waals surface area contributed by atoms with Gasteiger partial charge in [0.15, 0.2) is 4.87 Å². The van der Waals surface area contributed by atoms with Gasteiger partial charge in [-0.05, 0) is 30.7 Å². The highest BCUT2D eigenvalue weighted by Crippen LogP contribution is 2.54. The zero-order valence-electron chi connectivity index (χ0n) is 17.2. The third-order valence-electron chi connectivity index (χ3n) is 5.79. The third-order valence-corrected chi connectivity index (χ3v) is 7.21. The van der Waals surface area contributed by atoms with Crippen LogP contribution >= 0.6 is 11.8 Å². The number of hydrogen-bond acceptors (Lipinski definition) is 3. The maximum absolute atomic E-state index is 13.9. The Morgan fingerprint density at radius 2 is 1.81 bits per heavy atom. The summed E-state index contributed by atoms with van der Waals surface area (Å²) in [5.74, 6) is 0.654. The molecule has 2 aliphatic heterocycles. The molecule has 0 saturated carbocycles. The number of carbonyl (C=O) groups excluding carboxylic acids is 2. The molecule has 0 unspecified atom stereocenters. The maximum atomic E-state index is 13.9. The van der Waals surface area contributed by atoms with Crippen molar-refractivity contribution in [3.63, 3.8) is 0 Å². The Labute approximate surface area is 186 Å². The van der Waals surface area contributed by atoms with Gasteiger partial charge in [0.2, 0.25) is 0 Å². The highest BCUT2D eigenvalue weighted by atomic mass is 32.2. The van der Waals surface area contributed by atoms with Crippen LogP contribution in [0.25, 0.3) is 0 Å². The van der Waals surface area contributed by atoms with Crippen molar-refractivity contribution in [3.05, 3.63) is 95.6 Å². The van der Waals surface area contributed by atoms with Crippen molar-refractivity contribution < 1.29 is 9.59 Å². The number of carbonyl (C=O) groups is 2. The van der Waals surface area contributed by atoms with E-state index in [1.807, 2.05) is 84.6 Å². The number of nitrogens with one attached hydrogen (secondary N) is 1. The lowest BCUT2D eigenvalue weighted by Gasteiger charge is -2.33. The largest absolute Gasteiger partial charge is 0.323 e. The van der Waals surface area contributed by atoms with Crippen LogP contribution in [0.15, 0.2) is 78.9 Å². The van der Waals surface area contributed by atoms with Gasteiger partial charge in [0.05, 0.1) is 12.2 Å². The molecule has 1 N–H and O–H groups in total. The van der Waals surface area contributed by atoms with E-state index in [2.05, 4.69) is 11.4 Å². The Kier molecular flexibility index (Phi) is 4.94. The number of amides is 3. The fourth-order valence-corrected chi connectivity index (χ4v) is 5.89. The summed E-state index contributed by atoms with van der Waals surface area (Å²) in [5.41, 5.74) is 4.71. The van der Waals surface area contributed by atoms with Crippen LogP contribution in [-0.4, -0.2) is 29.1 Å². The van der Waals surface area contributed by atoms with E-state index < -0.39 is 4.87 Å². The molecule has 1 spiro atoms. The van der Waals surface area contributed by atoms with Crippen LogP contribution in [-0.2, 0) is 16.2 Å². The van der Waals surface area contributed by atoms with E-state index in [-0.39, 0.29) is 11.9 Å². The lowest BCUT2D eigenvalue weighted by molar-refractivity contribution is -0.123. The van der Waals surface area contributed by atoms with Gasteiger partial charge in [0, 0.05) is 23.5 Å². The van der Waals surface area contributed by atoms with Gasteiger partial charge in [-0.3, -0.25) is 9.69 Å². The number of fused-ring (bicyclic) bond motifs is 2. The highest BCUT2D eigenvalue weighted by molar-refractivity contribution is 8.01. The molecule has 3 aromatic carbocycles. The van der Waals surface area contributed by atoms with Crippen molar-refractivity contribution in [2.24, 2.45) is 0 Å². The first kappa shape index (κ1) is 19.7. The molecular weight excluding hydrogens is 406 g/mol. The van der Waals surface area contributed by atoms with Gasteiger partial charge in [-0.25, -0.2) is 4.79 Å². The van der Waals surface area contributed by atoms with Crippen molar-refractivity contribution in [2.75, 3.05) is 22.5 Å². The molecule has 1 saturated heterocycles. The summed E-state index contributed by atoms with van der Waals surface area (Å²) < 4.78 is 0. The monoisotopic (exact) mass is 429 g/mol. The number of nitrogens with zero attached hydrogens (tertiary/aromatic N) is 2. The Bertz CT molecular complexity index is 1150. The van der Waals surface area contributed by atoms with E-state index in [1.165, 1.54) is 0 Å². The first-order chi connectivity index (χ1) is 15.1. The maximum Gasteiger partial charge on any atom is 0.323 e. The van der Waals surface area contributed by atoms with Crippen molar-refractivity contribution in [1.29, 1.82) is 0 Å². The van der Waals surface area contributed by atoms with Crippen LogP contribution in [0.2, 0.25) is 0 Å². The van der Waals surface area contributed by atoms with E-state index in [4.69, 9.17) is 0 Å². The molecule has 0 aliphatic carbocycles. The quantitative estimate of drug-likeness (QED) is 0.639. The van der Waals surface area contributed by atoms with Crippen molar-refractivity contribution >= 4 is 35.1 Å². The SMILES string of the molecule is Cc1cccc(CN2C(=O)[C@@]3(SCCN3C(=O)Nc3ccccc3)c3ccccc32)c1. The van der Waals surface area contributed by atoms with Gasteiger partial charge in [0.1, 0.15) is 0 Å². The Hall–Kier alpha value is -3.25. The summed E-state index contributed by atoms with van der Waals surface area (Å²) in [4.78, 5) is 29.7. The highest BCUT2D eigenvalue weighted by Gasteiger charge is 2.59. The summed E-state index contributed by atoms with van der Waals surface area (Å²) in [5, 5.41) is 2.96. The van der Waals surface area contributed by atoms with Gasteiger partial charge in [-0.2, -0.15) is 0 Å². The van der Waals surface area contributed by atoms with Crippen LogP contribution in [0.3, 0.4) is 0 Å². The zero-order valence-corrected chi connectivity index (χ0v) is 18.1. The van der Waals surface area contributed by atoms with E-state index in [0.717, 1.165) is 28.1 Å². The molecule has 3 aromatic rings. The van der Waals surface area contributed by atoms with Crippen LogP contribution in [0.4, 0.5) is 16.2 Å². The fourth-order valence-electron chi connectivity index (χ4n) is 4.43. The number of urea groups is 1. The van der Waals surface area contributed by atoms with Gasteiger partial charge < -0.3 is 10.2 Å². The van der Waals surface area contributed by atoms with Gasteiger partial charge in [-0.1, -0.05) is 66.2 Å². The minimum atomic E-state index is -1.03. The average molecular weight is 430 g/mol. The number of rotatable bonds is 3. The van der Waals surface area contributed by atoms with E-state index in [0.29, 0.717) is 18.8 Å². The number of aryl methyl sites for hydroxylation is 1. The van der Waals surface area contributed by atoms with Gasteiger partial charge in [-0.15, -0.1) is 11.8 Å². The standard InChI is InChI=1S/C25H23N3O2S/c1-18-8-7-9-19(16-18)17-27-22-13-6-5-12-21(22)25(23(27)29)28(14-15-31-25)24(30)26-20-10-3-2-4-11-20/h2-13,16H,14-15,17H2,1H3,(H,26,30)/t25-/m0/s1. The topological polar surface area (TPSA) is 52.7 Å². The molecule has 5 rings (SSSR count). The van der Waals surface area contributed by atoms with Gasteiger partial charge in [0.25, 0.3) is 5.91 Å². The fraction of sp³-hybridized carbons (Fsp3) is 0.200. The van der Waals surface area contributed by atoms with Crippen LogP contribution in [0, 0.1) is 6.92 Å². The number of para-hydroxylation sites is 2. The first-order valence-corrected chi connectivity index (χ1v) is 11.3. The molecule has 3 amide bonds. The number of thioether (sulfide) groups is 1. The Morgan fingerprint density at radius 3 is 2.61 bits per heavy atom. The van der Waals surface area contributed by atoms with Crippen LogP contribution in [0.1, 0.15) is 16.7 Å². The third kappa shape index (κ3) is 3.27. The van der Waals surface area contributed by atoms with E-state index in [9.17, 15) is 9.59 Å². The molecule has 2 heterocycles. The second kappa shape index (κ2) is 7.78. The Balaban J connectivity index is 1.52. The summed E-state index contributed by atoms with van der Waals surface area (Å²) >= 11 is 1.54. The minimum absolute atomic E-state index is 0.0547. The summed E-state index contributed by atoms with van der Waals surface area (Å²) in [6.07, 6.45) is 0. The Morgan fingerprint density at radius 1 is 1.03 bits per heavy atom. The smallest absolute Gasteiger partial charge is 0.308 e. The summed E-state index contributed by atoms with van der Waals surface area (Å²) in [7, 11) is 0. The lowest BCUT2D eigenvalue weighted by atomic mass is 10.1. The molecule has 0 aromatic heterocycles. The summed E-state index contributed by atoms with van der Waals surface area (Å²) in [6, 6.07) is 25.1. The molecule has 0 bridgehead atoms. The molecule has 0 radical (unpaired) electrons. The van der Waals surface area contributed by atoms with Crippen molar-refractivity contribution in [3.8, 4) is 0 Å². The minimum Gasteiger partial charge on any atom is -0.308 e. The average Bonchev–Trinajstić information content (AvgIpc) is 3.32. The van der Waals surface area contributed by atoms with Crippen LogP contribution in [0.5, 0.6) is 0 Å². The number of hydrogen-bond donors (Lipinski definition) is 1. The number of anilines is 2. The van der Waals surface area contributed by atoms with Crippen LogP contribution < -0.4 is 10.2 Å². The van der Waals surface area contributed by atoms with E-state index >= 15 is 0 Å². The number of benzene rings is 3.